The third-order valence-corrected chi connectivity index (χ3v) is 2.91. The number of rotatable bonds is 8. The molecule has 112 valence electrons. The first-order chi connectivity index (χ1) is 10.3. The zero-order valence-electron chi connectivity index (χ0n) is 12.5. The van der Waals surface area contributed by atoms with Crippen molar-refractivity contribution >= 4 is 5.82 Å². The van der Waals surface area contributed by atoms with Crippen LogP contribution in [0, 0.1) is 6.92 Å². The first-order valence-corrected chi connectivity index (χ1v) is 7.17. The van der Waals surface area contributed by atoms with Gasteiger partial charge < -0.3 is 14.8 Å². The average Bonchev–Trinajstić information content (AvgIpc) is 2.53. The fourth-order valence-electron chi connectivity index (χ4n) is 1.82. The van der Waals surface area contributed by atoms with Crippen molar-refractivity contribution in [3.05, 3.63) is 42.2 Å². The number of hydrogen-bond donors (Lipinski definition) is 1. The van der Waals surface area contributed by atoms with E-state index in [-0.39, 0.29) is 0 Å². The molecule has 5 heteroatoms. The van der Waals surface area contributed by atoms with Gasteiger partial charge in [0, 0.05) is 6.54 Å². The molecule has 0 aliphatic rings. The van der Waals surface area contributed by atoms with Gasteiger partial charge in [-0.2, -0.15) is 0 Å². The summed E-state index contributed by atoms with van der Waals surface area (Å²) in [5.74, 6) is 2.26. The van der Waals surface area contributed by atoms with Gasteiger partial charge in [-0.3, -0.25) is 0 Å². The monoisotopic (exact) mass is 287 g/mol. The van der Waals surface area contributed by atoms with Gasteiger partial charge in [0.15, 0.2) is 0 Å². The maximum atomic E-state index is 5.66. The zero-order chi connectivity index (χ0) is 14.9. The number of anilines is 1. The van der Waals surface area contributed by atoms with Gasteiger partial charge in [0.25, 0.3) is 0 Å². The zero-order valence-corrected chi connectivity index (χ0v) is 12.5. The molecule has 0 unspecified atom stereocenters. The van der Waals surface area contributed by atoms with Crippen LogP contribution in [0.1, 0.15) is 18.9 Å². The van der Waals surface area contributed by atoms with Gasteiger partial charge in [0.05, 0.1) is 5.56 Å². The Labute approximate surface area is 125 Å². The van der Waals surface area contributed by atoms with Crippen LogP contribution in [0.5, 0.6) is 11.6 Å². The van der Waals surface area contributed by atoms with Gasteiger partial charge in [-0.15, -0.1) is 0 Å². The van der Waals surface area contributed by atoms with Crippen LogP contribution >= 0.6 is 0 Å². The molecular weight excluding hydrogens is 266 g/mol. The van der Waals surface area contributed by atoms with Crippen molar-refractivity contribution in [2.75, 3.05) is 25.1 Å². The highest BCUT2D eigenvalue weighted by Crippen LogP contribution is 2.20. The molecule has 0 atom stereocenters. The largest absolute Gasteiger partial charge is 0.490 e. The highest BCUT2D eigenvalue weighted by Gasteiger charge is 2.07. The van der Waals surface area contributed by atoms with E-state index in [2.05, 4.69) is 22.2 Å². The summed E-state index contributed by atoms with van der Waals surface area (Å²) in [6, 6.07) is 9.68. The predicted octanol–water partition coefficient (Wildman–Crippen LogP) is 3.06. The number of para-hydroxylation sites is 1. The van der Waals surface area contributed by atoms with Crippen LogP contribution in [0.15, 0.2) is 36.7 Å². The second-order valence-electron chi connectivity index (χ2n) is 4.59. The standard InChI is InChI=1S/C16H21N3O2/c1-3-9-17-15-13(2)16(19-12-18-15)21-11-10-20-14-7-5-4-6-8-14/h4-8,12H,3,9-11H2,1-2H3,(H,17,18,19). The van der Waals surface area contributed by atoms with Gasteiger partial charge in [-0.25, -0.2) is 9.97 Å². The van der Waals surface area contributed by atoms with Crippen LogP contribution in [0.4, 0.5) is 5.82 Å². The van der Waals surface area contributed by atoms with Crippen molar-refractivity contribution in [1.82, 2.24) is 9.97 Å². The average molecular weight is 287 g/mol. The van der Waals surface area contributed by atoms with Gasteiger partial charge in [-0.1, -0.05) is 25.1 Å². The van der Waals surface area contributed by atoms with Gasteiger partial charge in [-0.05, 0) is 25.5 Å². The normalized spacial score (nSPS) is 10.2. The van der Waals surface area contributed by atoms with Crippen molar-refractivity contribution in [3.8, 4) is 11.6 Å². The molecule has 0 aliphatic carbocycles. The molecule has 0 saturated carbocycles. The van der Waals surface area contributed by atoms with E-state index in [0.29, 0.717) is 19.1 Å². The molecule has 1 aromatic carbocycles. The Hall–Kier alpha value is -2.30. The fourth-order valence-corrected chi connectivity index (χ4v) is 1.82. The topological polar surface area (TPSA) is 56.3 Å². The minimum Gasteiger partial charge on any atom is -0.490 e. The summed E-state index contributed by atoms with van der Waals surface area (Å²) >= 11 is 0. The Morgan fingerprint density at radius 2 is 1.81 bits per heavy atom. The van der Waals surface area contributed by atoms with E-state index in [0.717, 1.165) is 30.1 Å². The van der Waals surface area contributed by atoms with Crippen molar-refractivity contribution in [3.63, 3.8) is 0 Å². The fraction of sp³-hybridized carbons (Fsp3) is 0.375. The number of benzene rings is 1. The summed E-state index contributed by atoms with van der Waals surface area (Å²) in [6.45, 7) is 5.87. The van der Waals surface area contributed by atoms with E-state index >= 15 is 0 Å². The maximum Gasteiger partial charge on any atom is 0.221 e. The number of hydrogen-bond acceptors (Lipinski definition) is 5. The summed E-state index contributed by atoms with van der Waals surface area (Å²) in [7, 11) is 0. The molecule has 1 aromatic heterocycles. The number of aromatic nitrogens is 2. The van der Waals surface area contributed by atoms with Crippen LogP contribution in [0.25, 0.3) is 0 Å². The van der Waals surface area contributed by atoms with Crippen LogP contribution in [0.3, 0.4) is 0 Å². The van der Waals surface area contributed by atoms with Crippen molar-refractivity contribution in [2.24, 2.45) is 0 Å². The molecule has 0 radical (unpaired) electrons. The van der Waals surface area contributed by atoms with E-state index in [1.54, 1.807) is 0 Å². The molecule has 2 aromatic rings. The molecule has 1 N–H and O–H groups in total. The van der Waals surface area contributed by atoms with Gasteiger partial charge >= 0.3 is 0 Å². The van der Waals surface area contributed by atoms with E-state index < -0.39 is 0 Å². The minimum absolute atomic E-state index is 0.444. The molecule has 0 bridgehead atoms. The molecule has 2 rings (SSSR count). The lowest BCUT2D eigenvalue weighted by Crippen LogP contribution is -2.12. The summed E-state index contributed by atoms with van der Waals surface area (Å²) < 4.78 is 11.2. The van der Waals surface area contributed by atoms with E-state index in [1.165, 1.54) is 6.33 Å². The molecule has 0 amide bonds. The van der Waals surface area contributed by atoms with Crippen LogP contribution in [0.2, 0.25) is 0 Å². The maximum absolute atomic E-state index is 5.66. The van der Waals surface area contributed by atoms with Crippen molar-refractivity contribution in [2.45, 2.75) is 20.3 Å². The van der Waals surface area contributed by atoms with Crippen molar-refractivity contribution < 1.29 is 9.47 Å². The summed E-state index contributed by atoms with van der Waals surface area (Å²) in [6.07, 6.45) is 2.56. The van der Waals surface area contributed by atoms with Crippen LogP contribution in [-0.2, 0) is 0 Å². The quantitative estimate of drug-likeness (QED) is 0.756. The third-order valence-electron chi connectivity index (χ3n) is 2.91. The van der Waals surface area contributed by atoms with Crippen molar-refractivity contribution in [1.29, 1.82) is 0 Å². The SMILES string of the molecule is CCCNc1ncnc(OCCOc2ccccc2)c1C. The number of nitrogens with one attached hydrogen (secondary N) is 1. The molecule has 0 spiro atoms. The number of ether oxygens (including phenoxy) is 2. The first-order valence-electron chi connectivity index (χ1n) is 7.17. The third kappa shape index (κ3) is 4.63. The Morgan fingerprint density at radius 1 is 1.05 bits per heavy atom. The van der Waals surface area contributed by atoms with Gasteiger partial charge in [0.1, 0.15) is 31.1 Å². The van der Waals surface area contributed by atoms with Crippen LogP contribution < -0.4 is 14.8 Å². The smallest absolute Gasteiger partial charge is 0.221 e. The van der Waals surface area contributed by atoms with E-state index in [4.69, 9.17) is 9.47 Å². The van der Waals surface area contributed by atoms with Crippen LogP contribution in [-0.4, -0.2) is 29.7 Å². The Balaban J connectivity index is 1.83. The highest BCUT2D eigenvalue weighted by molar-refractivity contribution is 5.47. The molecule has 1 heterocycles. The molecular formula is C16H21N3O2. The Kier molecular flexibility index (Phi) is 5.82. The van der Waals surface area contributed by atoms with Gasteiger partial charge in [0.2, 0.25) is 5.88 Å². The summed E-state index contributed by atoms with van der Waals surface area (Å²) in [4.78, 5) is 8.38. The Bertz CT molecular complexity index is 546. The summed E-state index contributed by atoms with van der Waals surface area (Å²) in [5.41, 5.74) is 0.922. The number of nitrogens with zero attached hydrogens (tertiary/aromatic N) is 2. The lowest BCUT2D eigenvalue weighted by Gasteiger charge is -2.12. The second kappa shape index (κ2) is 8.09. The molecule has 0 fully saturated rings. The predicted molar refractivity (Wildman–Crippen MR) is 83.0 cm³/mol. The van der Waals surface area contributed by atoms with E-state index in [9.17, 15) is 0 Å². The molecule has 21 heavy (non-hydrogen) atoms. The Morgan fingerprint density at radius 3 is 2.57 bits per heavy atom. The minimum atomic E-state index is 0.444. The summed E-state index contributed by atoms with van der Waals surface area (Å²) in [5, 5.41) is 3.26. The second-order valence-corrected chi connectivity index (χ2v) is 4.59. The molecule has 0 aliphatic heterocycles. The molecule has 5 nitrogen and oxygen atoms in total. The lowest BCUT2D eigenvalue weighted by molar-refractivity contribution is 0.211. The van der Waals surface area contributed by atoms with E-state index in [1.807, 2.05) is 37.3 Å². The highest BCUT2D eigenvalue weighted by atomic mass is 16.5. The lowest BCUT2D eigenvalue weighted by atomic mass is 10.3. The molecule has 0 saturated heterocycles. The first kappa shape index (κ1) is 15.1.